The quantitative estimate of drug-likeness (QED) is 0.537. The number of fused-ring (bicyclic) bond motifs is 1. The lowest BCUT2D eigenvalue weighted by Crippen LogP contribution is -2.25. The Morgan fingerprint density at radius 2 is 1.84 bits per heavy atom. The number of anilines is 1. The number of hydrogen-bond donors (Lipinski definition) is 1. The van der Waals surface area contributed by atoms with Gasteiger partial charge in [0.15, 0.2) is 12.4 Å². The zero-order chi connectivity index (χ0) is 23.0. The fourth-order valence-electron chi connectivity index (χ4n) is 3.69. The number of esters is 1. The van der Waals surface area contributed by atoms with Gasteiger partial charge in [0.1, 0.15) is 11.3 Å². The van der Waals surface area contributed by atoms with Crippen LogP contribution in [0.25, 0.3) is 0 Å². The van der Waals surface area contributed by atoms with E-state index in [1.807, 2.05) is 50.1 Å². The molecule has 3 rings (SSSR count). The summed E-state index contributed by atoms with van der Waals surface area (Å²) in [6.07, 6.45) is 1.46. The number of carbonyl (C=O) groups is 2. The topological polar surface area (TPSA) is 116 Å². The summed E-state index contributed by atoms with van der Waals surface area (Å²) in [6.45, 7) is 3.53. The van der Waals surface area contributed by atoms with E-state index in [0.29, 0.717) is 0 Å². The van der Waals surface area contributed by atoms with Crippen LogP contribution in [0.3, 0.4) is 0 Å². The number of nitrogens with two attached hydrogens (primary N) is 1. The van der Waals surface area contributed by atoms with Crippen molar-refractivity contribution in [3.05, 3.63) is 65.4 Å². The zero-order valence-corrected chi connectivity index (χ0v) is 18.5. The molecule has 0 radical (unpaired) electrons. The molecule has 0 aromatic heterocycles. The summed E-state index contributed by atoms with van der Waals surface area (Å²) in [5, 5.41) is 5.12. The summed E-state index contributed by atoms with van der Waals surface area (Å²) in [5.74, 6) is -1.19. The number of ether oxygens (including phenoxy) is 2. The molecule has 8 nitrogen and oxygen atoms in total. The minimum Gasteiger partial charge on any atom is -0.496 e. The maximum atomic E-state index is 12.6. The van der Waals surface area contributed by atoms with E-state index in [1.165, 1.54) is 25.3 Å². The fraction of sp³-hybridized carbons (Fsp3) is 0.273. The number of nitrogens with zero attached hydrogens (tertiary/aromatic N) is 1. The second-order valence-electron chi connectivity index (χ2n) is 7.68. The molecule has 2 aromatic rings. The molecule has 9 heteroatoms. The number of sulfonamides is 1. The van der Waals surface area contributed by atoms with Crippen molar-refractivity contribution < 1.29 is 27.5 Å². The number of benzene rings is 2. The molecule has 0 aliphatic carbocycles. The molecular weight excluding hydrogens is 420 g/mol. The zero-order valence-electron chi connectivity index (χ0n) is 17.7. The molecule has 2 aromatic carbocycles. The Kier molecular flexibility index (Phi) is 5.93. The van der Waals surface area contributed by atoms with E-state index in [4.69, 9.17) is 14.6 Å². The highest BCUT2D eigenvalue weighted by Gasteiger charge is 2.38. The number of ketones is 1. The highest BCUT2D eigenvalue weighted by molar-refractivity contribution is 7.89. The van der Waals surface area contributed by atoms with E-state index in [2.05, 4.69) is 0 Å². The number of likely N-dealkylation sites (N-methyl/N-ethyl adjacent to an activating group) is 1. The van der Waals surface area contributed by atoms with Crippen LogP contribution < -0.4 is 14.8 Å². The molecular formula is C22H24N2O6S. The lowest BCUT2D eigenvalue weighted by atomic mass is 9.83. The molecule has 0 spiro atoms. The number of hydrogen-bond acceptors (Lipinski definition) is 7. The number of carbonyl (C=O) groups excluding carboxylic acids is 2. The first-order valence-electron chi connectivity index (χ1n) is 9.43. The van der Waals surface area contributed by atoms with Crippen LogP contribution >= 0.6 is 0 Å². The summed E-state index contributed by atoms with van der Waals surface area (Å²) in [6, 6.07) is 11.5. The van der Waals surface area contributed by atoms with Crippen molar-refractivity contribution in [1.82, 2.24) is 0 Å². The summed E-state index contributed by atoms with van der Waals surface area (Å²) >= 11 is 0. The first-order valence-corrected chi connectivity index (χ1v) is 11.0. The van der Waals surface area contributed by atoms with Crippen LogP contribution in [0.1, 0.15) is 29.8 Å². The van der Waals surface area contributed by atoms with E-state index in [-0.39, 0.29) is 16.2 Å². The SMILES string of the molecule is COc1ccc(S(N)(=O)=O)cc1C(=O)OCC(=O)/C=C1/N(C)c2ccccc2C1(C)C. The van der Waals surface area contributed by atoms with E-state index in [0.717, 1.165) is 23.0 Å². The van der Waals surface area contributed by atoms with Crippen LogP contribution in [0, 0.1) is 0 Å². The Bertz CT molecular complexity index is 1180. The van der Waals surface area contributed by atoms with Gasteiger partial charge in [0.2, 0.25) is 10.0 Å². The average Bonchev–Trinajstić information content (AvgIpc) is 2.91. The van der Waals surface area contributed by atoms with Gasteiger partial charge >= 0.3 is 5.97 Å². The Hall–Kier alpha value is -3.17. The predicted molar refractivity (Wildman–Crippen MR) is 116 cm³/mol. The second kappa shape index (κ2) is 8.16. The van der Waals surface area contributed by atoms with Crippen molar-refractivity contribution in [2.24, 2.45) is 5.14 Å². The van der Waals surface area contributed by atoms with Crippen LogP contribution in [-0.4, -0.2) is 40.9 Å². The molecule has 0 unspecified atom stereocenters. The molecule has 0 saturated heterocycles. The standard InChI is InChI=1S/C22H24N2O6S/c1-22(2)17-7-5-6-8-18(17)24(3)20(22)11-14(25)13-30-21(26)16-12-15(31(23,27)28)9-10-19(16)29-4/h5-12H,13H2,1-4H3,(H2,23,27,28)/b20-11+. The summed E-state index contributed by atoms with van der Waals surface area (Å²) in [4.78, 5) is 26.7. The van der Waals surface area contributed by atoms with Gasteiger partial charge in [0, 0.05) is 29.9 Å². The molecule has 0 amide bonds. The monoisotopic (exact) mass is 444 g/mol. The largest absolute Gasteiger partial charge is 0.496 e. The van der Waals surface area contributed by atoms with Crippen molar-refractivity contribution in [2.75, 3.05) is 25.7 Å². The minimum absolute atomic E-state index is 0.107. The van der Waals surface area contributed by atoms with Crippen molar-refractivity contribution in [3.8, 4) is 5.75 Å². The Balaban J connectivity index is 1.78. The summed E-state index contributed by atoms with van der Waals surface area (Å²) in [7, 11) is -0.817. The van der Waals surface area contributed by atoms with Gasteiger partial charge in [-0.15, -0.1) is 0 Å². The van der Waals surface area contributed by atoms with Gasteiger partial charge in [-0.1, -0.05) is 32.0 Å². The fourth-order valence-corrected chi connectivity index (χ4v) is 4.23. The molecule has 0 fully saturated rings. The van der Waals surface area contributed by atoms with E-state index >= 15 is 0 Å². The normalized spacial score (nSPS) is 16.2. The van der Waals surface area contributed by atoms with Gasteiger partial charge in [0.25, 0.3) is 0 Å². The number of allylic oxidation sites excluding steroid dienone is 1. The van der Waals surface area contributed by atoms with Crippen molar-refractivity contribution in [3.63, 3.8) is 0 Å². The Morgan fingerprint density at radius 1 is 1.16 bits per heavy atom. The second-order valence-corrected chi connectivity index (χ2v) is 9.24. The Labute approximate surface area is 181 Å². The van der Waals surface area contributed by atoms with E-state index < -0.39 is 33.8 Å². The van der Waals surface area contributed by atoms with Gasteiger partial charge in [-0.2, -0.15) is 0 Å². The van der Waals surface area contributed by atoms with Crippen LogP contribution in [0.15, 0.2) is 59.1 Å². The van der Waals surface area contributed by atoms with Gasteiger partial charge in [-0.3, -0.25) is 4.79 Å². The first-order chi connectivity index (χ1) is 14.5. The number of rotatable bonds is 6. The lowest BCUT2D eigenvalue weighted by molar-refractivity contribution is -0.117. The molecule has 2 N–H and O–H groups in total. The van der Waals surface area contributed by atoms with E-state index in [1.54, 1.807) is 0 Å². The van der Waals surface area contributed by atoms with Gasteiger partial charge in [-0.25, -0.2) is 18.4 Å². The molecule has 0 atom stereocenters. The molecule has 0 bridgehead atoms. The predicted octanol–water partition coefficient (Wildman–Crippen LogP) is 2.38. The smallest absolute Gasteiger partial charge is 0.342 e. The number of para-hydroxylation sites is 1. The molecule has 0 saturated carbocycles. The van der Waals surface area contributed by atoms with Crippen LogP contribution in [0.4, 0.5) is 5.69 Å². The van der Waals surface area contributed by atoms with Crippen LogP contribution in [0.2, 0.25) is 0 Å². The molecule has 1 aliphatic heterocycles. The minimum atomic E-state index is -4.02. The third-order valence-electron chi connectivity index (χ3n) is 5.30. The molecule has 1 aliphatic rings. The van der Waals surface area contributed by atoms with Gasteiger partial charge < -0.3 is 14.4 Å². The summed E-state index contributed by atoms with van der Waals surface area (Å²) < 4.78 is 33.3. The molecule has 1 heterocycles. The third-order valence-corrected chi connectivity index (χ3v) is 6.21. The van der Waals surface area contributed by atoms with Crippen LogP contribution in [0.5, 0.6) is 5.75 Å². The average molecular weight is 445 g/mol. The molecule has 164 valence electrons. The maximum Gasteiger partial charge on any atom is 0.342 e. The highest BCUT2D eigenvalue weighted by atomic mass is 32.2. The third kappa shape index (κ3) is 4.33. The van der Waals surface area contributed by atoms with Gasteiger partial charge in [-0.05, 0) is 29.8 Å². The Morgan fingerprint density at radius 3 is 2.45 bits per heavy atom. The molecule has 31 heavy (non-hydrogen) atoms. The summed E-state index contributed by atoms with van der Waals surface area (Å²) in [5.41, 5.74) is 2.35. The number of methoxy groups -OCH3 is 1. The van der Waals surface area contributed by atoms with Crippen molar-refractivity contribution >= 4 is 27.5 Å². The first kappa shape index (κ1) is 22.5. The van der Waals surface area contributed by atoms with Crippen molar-refractivity contribution in [2.45, 2.75) is 24.2 Å². The highest BCUT2D eigenvalue weighted by Crippen LogP contribution is 2.46. The van der Waals surface area contributed by atoms with Gasteiger partial charge in [0.05, 0.1) is 12.0 Å². The van der Waals surface area contributed by atoms with Crippen LogP contribution in [-0.2, 0) is 25.0 Å². The van der Waals surface area contributed by atoms with E-state index in [9.17, 15) is 18.0 Å². The number of primary sulfonamides is 1. The maximum absolute atomic E-state index is 12.6. The lowest BCUT2D eigenvalue weighted by Gasteiger charge is -2.23. The van der Waals surface area contributed by atoms with Crippen molar-refractivity contribution in [1.29, 1.82) is 0 Å².